The van der Waals surface area contributed by atoms with Crippen LogP contribution in [0.4, 0.5) is 0 Å². The monoisotopic (exact) mass is 220 g/mol. The van der Waals surface area contributed by atoms with Crippen molar-refractivity contribution in [1.29, 1.82) is 0 Å². The topological polar surface area (TPSA) is 38.9 Å². The van der Waals surface area contributed by atoms with Gasteiger partial charge in [0.05, 0.1) is 5.69 Å². The Hall–Kier alpha value is -0.890. The highest BCUT2D eigenvalue weighted by Crippen LogP contribution is 2.24. The van der Waals surface area contributed by atoms with Gasteiger partial charge in [-0.3, -0.25) is 4.98 Å². The zero-order valence-electron chi connectivity index (χ0n) is 11.0. The third-order valence-corrected chi connectivity index (χ3v) is 3.35. The Balaban J connectivity index is 2.76. The molecule has 2 nitrogen and oxygen atoms in total. The van der Waals surface area contributed by atoms with Crippen LogP contribution in [-0.4, -0.2) is 4.98 Å². The maximum Gasteiger partial charge on any atom is 0.0600 e. The van der Waals surface area contributed by atoms with E-state index < -0.39 is 0 Å². The van der Waals surface area contributed by atoms with Crippen molar-refractivity contribution in [2.45, 2.75) is 53.0 Å². The summed E-state index contributed by atoms with van der Waals surface area (Å²) in [7, 11) is 0. The molecule has 2 N–H and O–H groups in total. The van der Waals surface area contributed by atoms with E-state index in [1.165, 1.54) is 24.0 Å². The maximum absolute atomic E-state index is 6.24. The van der Waals surface area contributed by atoms with Crippen LogP contribution in [0.5, 0.6) is 0 Å². The molecule has 0 aliphatic heterocycles. The summed E-state index contributed by atoms with van der Waals surface area (Å²) in [5.74, 6) is 0.720. The summed E-state index contributed by atoms with van der Waals surface area (Å²) >= 11 is 0. The van der Waals surface area contributed by atoms with Crippen molar-refractivity contribution < 1.29 is 0 Å². The first-order valence-electron chi connectivity index (χ1n) is 6.27. The largest absolute Gasteiger partial charge is 0.323 e. The molecule has 1 atom stereocenters. The van der Waals surface area contributed by atoms with Crippen LogP contribution in [0, 0.1) is 19.8 Å². The Kier molecular flexibility index (Phi) is 4.94. The van der Waals surface area contributed by atoms with E-state index >= 15 is 0 Å². The van der Waals surface area contributed by atoms with E-state index in [-0.39, 0.29) is 6.04 Å². The van der Waals surface area contributed by atoms with Crippen molar-refractivity contribution in [2.75, 3.05) is 0 Å². The summed E-state index contributed by atoms with van der Waals surface area (Å²) in [6.45, 7) is 8.63. The third-order valence-electron chi connectivity index (χ3n) is 3.35. The minimum Gasteiger partial charge on any atom is -0.323 e. The molecule has 2 heteroatoms. The van der Waals surface area contributed by atoms with Gasteiger partial charge in [0.2, 0.25) is 0 Å². The molecule has 0 aliphatic rings. The number of nitrogens with two attached hydrogens (primary N) is 1. The first-order chi connectivity index (χ1) is 7.58. The molecule has 1 unspecified atom stereocenters. The normalized spacial score (nSPS) is 13.1. The summed E-state index contributed by atoms with van der Waals surface area (Å²) < 4.78 is 0. The molecule has 0 amide bonds. The second-order valence-corrected chi connectivity index (χ2v) is 4.74. The van der Waals surface area contributed by atoms with Gasteiger partial charge >= 0.3 is 0 Å². The van der Waals surface area contributed by atoms with Gasteiger partial charge < -0.3 is 5.73 Å². The summed E-state index contributed by atoms with van der Waals surface area (Å²) in [5, 5.41) is 0. The molecule has 0 spiro atoms. The summed E-state index contributed by atoms with van der Waals surface area (Å²) in [6, 6.07) is 2.25. The first-order valence-corrected chi connectivity index (χ1v) is 6.27. The van der Waals surface area contributed by atoms with E-state index in [1.54, 1.807) is 0 Å². The molecule has 16 heavy (non-hydrogen) atoms. The molecular formula is C14H24N2. The lowest BCUT2D eigenvalue weighted by Crippen LogP contribution is -2.17. The number of hydrogen-bond acceptors (Lipinski definition) is 2. The Morgan fingerprint density at radius 1 is 1.25 bits per heavy atom. The average molecular weight is 220 g/mol. The predicted octanol–water partition coefficient (Wildman–Crippen LogP) is 3.52. The van der Waals surface area contributed by atoms with Crippen LogP contribution in [0.2, 0.25) is 0 Å². The molecule has 0 fully saturated rings. The van der Waals surface area contributed by atoms with Crippen LogP contribution in [0.15, 0.2) is 12.3 Å². The molecule has 1 aromatic rings. The van der Waals surface area contributed by atoms with Gasteiger partial charge in [0, 0.05) is 12.2 Å². The summed E-state index contributed by atoms with van der Waals surface area (Å²) in [6.07, 6.45) is 5.36. The van der Waals surface area contributed by atoms with Crippen molar-refractivity contribution in [3.05, 3.63) is 29.1 Å². The van der Waals surface area contributed by atoms with Crippen molar-refractivity contribution in [3.63, 3.8) is 0 Å². The number of rotatable bonds is 5. The van der Waals surface area contributed by atoms with E-state index in [9.17, 15) is 0 Å². The van der Waals surface area contributed by atoms with Gasteiger partial charge in [-0.15, -0.1) is 0 Å². The Morgan fingerprint density at radius 2 is 1.88 bits per heavy atom. The highest BCUT2D eigenvalue weighted by molar-refractivity contribution is 5.25. The van der Waals surface area contributed by atoms with Crippen LogP contribution in [0.25, 0.3) is 0 Å². The molecule has 90 valence electrons. The molecule has 1 heterocycles. The number of nitrogens with zero attached hydrogens (tertiary/aromatic N) is 1. The fraction of sp³-hybridized carbons (Fsp3) is 0.643. The van der Waals surface area contributed by atoms with Gasteiger partial charge in [0.25, 0.3) is 0 Å². The summed E-state index contributed by atoms with van der Waals surface area (Å²) in [4.78, 5) is 4.47. The van der Waals surface area contributed by atoms with Gasteiger partial charge in [-0.1, -0.05) is 32.8 Å². The standard InChI is InChI=1S/C14H24N2/c1-5-12(6-2)8-13(15)14-11(4)7-10(3)9-16-14/h7,9,12-13H,5-6,8,15H2,1-4H3. The van der Waals surface area contributed by atoms with E-state index in [4.69, 9.17) is 5.73 Å². The third kappa shape index (κ3) is 3.31. The lowest BCUT2D eigenvalue weighted by Gasteiger charge is -2.19. The average Bonchev–Trinajstić information content (AvgIpc) is 2.25. The smallest absolute Gasteiger partial charge is 0.0600 e. The molecule has 0 saturated heterocycles. The first kappa shape index (κ1) is 13.2. The SMILES string of the molecule is CCC(CC)CC(N)c1ncc(C)cc1C. The van der Waals surface area contributed by atoms with Crippen molar-refractivity contribution in [2.24, 2.45) is 11.7 Å². The highest BCUT2D eigenvalue weighted by atomic mass is 14.8. The molecule has 1 aromatic heterocycles. The van der Waals surface area contributed by atoms with Crippen LogP contribution >= 0.6 is 0 Å². The van der Waals surface area contributed by atoms with E-state index in [0.29, 0.717) is 0 Å². The second kappa shape index (κ2) is 6.00. The van der Waals surface area contributed by atoms with Crippen molar-refractivity contribution in [3.8, 4) is 0 Å². The van der Waals surface area contributed by atoms with Crippen molar-refractivity contribution >= 4 is 0 Å². The van der Waals surface area contributed by atoms with E-state index in [2.05, 4.69) is 38.7 Å². The van der Waals surface area contributed by atoms with Crippen LogP contribution in [0.1, 0.15) is 56.0 Å². The Morgan fingerprint density at radius 3 is 2.38 bits per heavy atom. The van der Waals surface area contributed by atoms with E-state index in [1.807, 2.05) is 6.20 Å². The van der Waals surface area contributed by atoms with Crippen LogP contribution < -0.4 is 5.73 Å². The van der Waals surface area contributed by atoms with Gasteiger partial charge in [-0.2, -0.15) is 0 Å². The van der Waals surface area contributed by atoms with Crippen molar-refractivity contribution in [1.82, 2.24) is 4.98 Å². The maximum atomic E-state index is 6.24. The fourth-order valence-electron chi connectivity index (χ4n) is 2.21. The van der Waals surface area contributed by atoms with Crippen LogP contribution in [0.3, 0.4) is 0 Å². The fourth-order valence-corrected chi connectivity index (χ4v) is 2.21. The zero-order chi connectivity index (χ0) is 12.1. The minimum atomic E-state index is 0.0884. The highest BCUT2D eigenvalue weighted by Gasteiger charge is 2.15. The predicted molar refractivity (Wildman–Crippen MR) is 69.3 cm³/mol. The lowest BCUT2D eigenvalue weighted by molar-refractivity contribution is 0.410. The quantitative estimate of drug-likeness (QED) is 0.824. The molecule has 0 bridgehead atoms. The van der Waals surface area contributed by atoms with Gasteiger partial charge in [0.15, 0.2) is 0 Å². The summed E-state index contributed by atoms with van der Waals surface area (Å²) in [5.41, 5.74) is 9.73. The molecule has 1 rings (SSSR count). The van der Waals surface area contributed by atoms with Gasteiger partial charge in [0.1, 0.15) is 0 Å². The molecular weight excluding hydrogens is 196 g/mol. The minimum absolute atomic E-state index is 0.0884. The second-order valence-electron chi connectivity index (χ2n) is 4.74. The number of aromatic nitrogens is 1. The van der Waals surface area contributed by atoms with Gasteiger partial charge in [-0.25, -0.2) is 0 Å². The number of hydrogen-bond donors (Lipinski definition) is 1. The van der Waals surface area contributed by atoms with Gasteiger partial charge in [-0.05, 0) is 37.3 Å². The lowest BCUT2D eigenvalue weighted by atomic mass is 9.92. The van der Waals surface area contributed by atoms with Crippen LogP contribution in [-0.2, 0) is 0 Å². The number of pyridine rings is 1. The molecule has 0 radical (unpaired) electrons. The zero-order valence-corrected chi connectivity index (χ0v) is 11.0. The number of aryl methyl sites for hydroxylation is 2. The molecule has 0 saturated carbocycles. The van der Waals surface area contributed by atoms with E-state index in [0.717, 1.165) is 18.0 Å². The molecule has 0 aliphatic carbocycles. The Labute approximate surface area is 99.3 Å². The molecule has 0 aromatic carbocycles. The Bertz CT molecular complexity index is 330.